The third-order valence-corrected chi connectivity index (χ3v) is 5.40. The molecule has 0 unspecified atom stereocenters. The van der Waals surface area contributed by atoms with Crippen LogP contribution >= 0.6 is 0 Å². The number of hydrogen-bond acceptors (Lipinski definition) is 5. The molecular formula is C26H26O5. The first-order chi connectivity index (χ1) is 15.0. The molecule has 5 nitrogen and oxygen atoms in total. The summed E-state index contributed by atoms with van der Waals surface area (Å²) in [7, 11) is 4.61. The van der Waals surface area contributed by atoms with Crippen molar-refractivity contribution in [3.05, 3.63) is 71.8 Å². The third kappa shape index (κ3) is 4.50. The molecule has 0 saturated carbocycles. The number of fused-ring (bicyclic) bond motifs is 1. The van der Waals surface area contributed by atoms with Gasteiger partial charge in [-0.25, -0.2) is 4.79 Å². The number of ether oxygens (including phenoxy) is 4. The summed E-state index contributed by atoms with van der Waals surface area (Å²) in [6, 6.07) is 18.9. The molecule has 31 heavy (non-hydrogen) atoms. The molecule has 0 N–H and O–H groups in total. The van der Waals surface area contributed by atoms with Crippen molar-refractivity contribution >= 4 is 16.7 Å². The van der Waals surface area contributed by atoms with Crippen LogP contribution < -0.4 is 9.47 Å². The van der Waals surface area contributed by atoms with E-state index in [2.05, 4.69) is 5.92 Å². The first-order valence-electron chi connectivity index (χ1n) is 9.87. The monoisotopic (exact) mass is 418 g/mol. The van der Waals surface area contributed by atoms with Gasteiger partial charge in [0.2, 0.25) is 0 Å². The molecular weight excluding hydrogens is 392 g/mol. The highest BCUT2D eigenvalue weighted by Gasteiger charge is 2.40. The van der Waals surface area contributed by atoms with Gasteiger partial charge < -0.3 is 18.9 Å². The Morgan fingerprint density at radius 3 is 2.26 bits per heavy atom. The van der Waals surface area contributed by atoms with Crippen LogP contribution in [0, 0.1) is 12.3 Å². The molecule has 0 radical (unpaired) electrons. The highest BCUT2D eigenvalue weighted by atomic mass is 16.6. The van der Waals surface area contributed by atoms with Gasteiger partial charge in [-0.1, -0.05) is 42.5 Å². The second kappa shape index (κ2) is 9.55. The zero-order valence-corrected chi connectivity index (χ0v) is 18.2. The number of esters is 1. The maximum atomic E-state index is 13.4. The predicted molar refractivity (Wildman–Crippen MR) is 120 cm³/mol. The second-order valence-corrected chi connectivity index (χ2v) is 7.21. The molecule has 0 aliphatic heterocycles. The van der Waals surface area contributed by atoms with E-state index in [9.17, 15) is 4.79 Å². The lowest BCUT2D eigenvalue weighted by atomic mass is 9.90. The van der Waals surface area contributed by atoms with Crippen LogP contribution in [0.5, 0.6) is 11.5 Å². The van der Waals surface area contributed by atoms with Gasteiger partial charge in [0.1, 0.15) is 17.6 Å². The fourth-order valence-corrected chi connectivity index (χ4v) is 3.54. The molecule has 0 bridgehead atoms. The van der Waals surface area contributed by atoms with Crippen molar-refractivity contribution in [2.24, 2.45) is 0 Å². The zero-order valence-electron chi connectivity index (χ0n) is 18.2. The Bertz CT molecular complexity index is 1090. The van der Waals surface area contributed by atoms with Crippen molar-refractivity contribution in [1.29, 1.82) is 0 Å². The normalized spacial score (nSPS) is 13.6. The van der Waals surface area contributed by atoms with Gasteiger partial charge in [0.15, 0.2) is 5.60 Å². The molecule has 0 amide bonds. The number of methoxy groups -OCH3 is 3. The van der Waals surface area contributed by atoms with Crippen molar-refractivity contribution in [2.75, 3.05) is 21.3 Å². The first kappa shape index (κ1) is 22.2. The van der Waals surface area contributed by atoms with Crippen LogP contribution in [-0.4, -0.2) is 27.3 Å². The molecule has 0 aromatic heterocycles. The summed E-state index contributed by atoms with van der Waals surface area (Å²) in [4.78, 5) is 13.4. The molecule has 0 saturated heterocycles. The third-order valence-electron chi connectivity index (χ3n) is 5.40. The number of carbonyl (C=O) groups excluding carboxylic acids is 1. The molecule has 3 rings (SSSR count). The molecule has 0 fully saturated rings. The summed E-state index contributed by atoms with van der Waals surface area (Å²) in [5.74, 6) is 3.21. The minimum absolute atomic E-state index is 0.192. The summed E-state index contributed by atoms with van der Waals surface area (Å²) in [5, 5.41) is 1.93. The molecule has 0 aliphatic rings. The van der Waals surface area contributed by atoms with Gasteiger partial charge >= 0.3 is 5.97 Å². The lowest BCUT2D eigenvalue weighted by molar-refractivity contribution is -0.174. The number of terminal acetylenes is 1. The summed E-state index contributed by atoms with van der Waals surface area (Å²) >= 11 is 0. The number of benzene rings is 3. The molecule has 0 spiro atoms. The van der Waals surface area contributed by atoms with Crippen LogP contribution in [0.4, 0.5) is 0 Å². The van der Waals surface area contributed by atoms with Crippen molar-refractivity contribution in [3.63, 3.8) is 0 Å². The molecule has 160 valence electrons. The molecule has 0 heterocycles. The second-order valence-electron chi connectivity index (χ2n) is 7.21. The zero-order chi connectivity index (χ0) is 22.4. The largest absolute Gasteiger partial charge is 0.497 e. The Balaban J connectivity index is 2.00. The average molecular weight is 418 g/mol. The van der Waals surface area contributed by atoms with Gasteiger partial charge in [0.05, 0.1) is 20.6 Å². The first-order valence-corrected chi connectivity index (χ1v) is 9.87. The van der Waals surface area contributed by atoms with Crippen LogP contribution in [0.15, 0.2) is 60.7 Å². The molecule has 3 aromatic rings. The van der Waals surface area contributed by atoms with Gasteiger partial charge in [-0.2, -0.15) is 0 Å². The molecule has 0 aliphatic carbocycles. The van der Waals surface area contributed by atoms with Gasteiger partial charge in [0.25, 0.3) is 0 Å². The SMILES string of the molecule is C#CC[C@H](OC(=O)[C@](C)(OC)c1cccc2ccccc12)c1cc(OC)cc(OC)c1. The van der Waals surface area contributed by atoms with Crippen molar-refractivity contribution < 1.29 is 23.7 Å². The van der Waals surface area contributed by atoms with Gasteiger partial charge in [0, 0.05) is 24.3 Å². The molecule has 2 atom stereocenters. The summed E-state index contributed by atoms with van der Waals surface area (Å²) in [6.45, 7) is 1.70. The average Bonchev–Trinajstić information content (AvgIpc) is 2.82. The number of hydrogen-bond donors (Lipinski definition) is 0. The van der Waals surface area contributed by atoms with Crippen LogP contribution in [0.25, 0.3) is 10.8 Å². The Kier molecular flexibility index (Phi) is 6.84. The molecule has 3 aromatic carbocycles. The Morgan fingerprint density at radius 1 is 1.00 bits per heavy atom. The highest BCUT2D eigenvalue weighted by molar-refractivity contribution is 5.92. The van der Waals surface area contributed by atoms with Crippen LogP contribution in [0.1, 0.15) is 30.6 Å². The minimum Gasteiger partial charge on any atom is -0.497 e. The van der Waals surface area contributed by atoms with E-state index in [4.69, 9.17) is 25.4 Å². The fraction of sp³-hybridized carbons (Fsp3) is 0.269. The van der Waals surface area contributed by atoms with Gasteiger partial charge in [-0.15, -0.1) is 12.3 Å². The molecule has 5 heteroatoms. The summed E-state index contributed by atoms with van der Waals surface area (Å²) < 4.78 is 22.3. The van der Waals surface area contributed by atoms with E-state index < -0.39 is 17.7 Å². The topological polar surface area (TPSA) is 54.0 Å². The standard InChI is InChI=1S/C26H26O5/c1-6-10-24(19-15-20(28-3)17-21(16-19)29-4)31-25(27)26(2,30-5)23-14-9-12-18-11-7-8-13-22(18)23/h1,7-9,11-17,24H,10H2,2-5H3/t24-,26+/m0/s1. The lowest BCUT2D eigenvalue weighted by Gasteiger charge is -2.30. The van der Waals surface area contributed by atoms with Gasteiger partial charge in [-0.3, -0.25) is 0 Å². The fourth-order valence-electron chi connectivity index (χ4n) is 3.54. The maximum absolute atomic E-state index is 13.4. The van der Waals surface area contributed by atoms with Crippen molar-refractivity contribution in [2.45, 2.75) is 25.0 Å². The highest BCUT2D eigenvalue weighted by Crippen LogP contribution is 2.36. The number of carbonyl (C=O) groups is 1. The van der Waals surface area contributed by atoms with E-state index in [0.717, 1.165) is 16.3 Å². The van der Waals surface area contributed by atoms with E-state index >= 15 is 0 Å². The Hall–Kier alpha value is -3.49. The van der Waals surface area contributed by atoms with Crippen LogP contribution in [0.3, 0.4) is 0 Å². The smallest absolute Gasteiger partial charge is 0.343 e. The predicted octanol–water partition coefficient (Wildman–Crippen LogP) is 5.03. The van der Waals surface area contributed by atoms with Crippen LogP contribution in [0.2, 0.25) is 0 Å². The summed E-state index contributed by atoms with van der Waals surface area (Å²) in [6.07, 6.45) is 5.08. The van der Waals surface area contributed by atoms with Crippen molar-refractivity contribution in [3.8, 4) is 23.8 Å². The quantitative estimate of drug-likeness (QED) is 0.380. The maximum Gasteiger partial charge on any atom is 0.343 e. The van der Waals surface area contributed by atoms with E-state index in [0.29, 0.717) is 17.1 Å². The van der Waals surface area contributed by atoms with E-state index in [1.165, 1.54) is 7.11 Å². The van der Waals surface area contributed by atoms with E-state index in [1.807, 2.05) is 42.5 Å². The Morgan fingerprint density at radius 2 is 1.65 bits per heavy atom. The Labute approximate surface area is 182 Å². The number of rotatable bonds is 8. The summed E-state index contributed by atoms with van der Waals surface area (Å²) in [5.41, 5.74) is 0.0797. The van der Waals surface area contributed by atoms with E-state index in [1.54, 1.807) is 39.3 Å². The lowest BCUT2D eigenvalue weighted by Crippen LogP contribution is -2.37. The van der Waals surface area contributed by atoms with Crippen LogP contribution in [-0.2, 0) is 19.9 Å². The minimum atomic E-state index is -1.32. The van der Waals surface area contributed by atoms with E-state index in [-0.39, 0.29) is 6.42 Å². The van der Waals surface area contributed by atoms with Gasteiger partial charge in [-0.05, 0) is 29.8 Å². The van der Waals surface area contributed by atoms with Crippen molar-refractivity contribution in [1.82, 2.24) is 0 Å².